The number of anilines is 1. The molecular weight excluding hydrogens is 212 g/mol. The molecule has 0 aromatic carbocycles. The lowest BCUT2D eigenvalue weighted by Gasteiger charge is -2.15. The maximum atomic E-state index is 6.03. The van der Waals surface area contributed by atoms with E-state index in [0.29, 0.717) is 11.9 Å². The van der Waals surface area contributed by atoms with Gasteiger partial charge in [-0.15, -0.1) is 0 Å². The lowest BCUT2D eigenvalue weighted by molar-refractivity contribution is 0.583. The van der Waals surface area contributed by atoms with E-state index in [9.17, 15) is 0 Å². The van der Waals surface area contributed by atoms with Gasteiger partial charge in [-0.1, -0.05) is 0 Å². The van der Waals surface area contributed by atoms with Crippen molar-refractivity contribution in [2.75, 3.05) is 5.32 Å². The highest BCUT2D eigenvalue weighted by Gasteiger charge is 2.23. The Kier molecular flexibility index (Phi) is 3.05. The monoisotopic (exact) mass is 232 g/mol. The van der Waals surface area contributed by atoms with Crippen LogP contribution < -0.4 is 11.1 Å². The minimum Gasteiger partial charge on any atom is -0.382 e. The van der Waals surface area contributed by atoms with E-state index in [-0.39, 0.29) is 5.54 Å². The summed E-state index contributed by atoms with van der Waals surface area (Å²) in [6.45, 7) is 6.07. The molecule has 1 aromatic rings. The molecule has 0 aliphatic heterocycles. The number of nitrogens with one attached hydrogen (secondary N) is 1. The SMILES string of the molecule is CC(C)(C)N=C(N)c1ncccc1NC1CC1. The molecule has 92 valence electrons. The number of amidine groups is 1. The third-order valence-electron chi connectivity index (χ3n) is 2.44. The van der Waals surface area contributed by atoms with Crippen molar-refractivity contribution in [2.45, 2.75) is 45.2 Å². The van der Waals surface area contributed by atoms with Crippen LogP contribution in [-0.4, -0.2) is 22.4 Å². The van der Waals surface area contributed by atoms with E-state index < -0.39 is 0 Å². The number of hydrogen-bond acceptors (Lipinski definition) is 3. The van der Waals surface area contributed by atoms with Gasteiger partial charge in [0.05, 0.1) is 11.2 Å². The number of aromatic nitrogens is 1. The molecule has 1 aliphatic carbocycles. The molecule has 0 unspecified atom stereocenters. The van der Waals surface area contributed by atoms with Gasteiger partial charge in [0, 0.05) is 12.2 Å². The summed E-state index contributed by atoms with van der Waals surface area (Å²) in [6.07, 6.45) is 4.20. The average molecular weight is 232 g/mol. The predicted octanol–water partition coefficient (Wildman–Crippen LogP) is 2.16. The molecular formula is C13H20N4. The zero-order valence-corrected chi connectivity index (χ0v) is 10.7. The molecule has 0 radical (unpaired) electrons. The number of nitrogens with two attached hydrogens (primary N) is 1. The third-order valence-corrected chi connectivity index (χ3v) is 2.44. The summed E-state index contributed by atoms with van der Waals surface area (Å²) in [5.41, 5.74) is 7.59. The highest BCUT2D eigenvalue weighted by Crippen LogP contribution is 2.26. The van der Waals surface area contributed by atoms with Crippen LogP contribution in [0.4, 0.5) is 5.69 Å². The van der Waals surface area contributed by atoms with Crippen molar-refractivity contribution >= 4 is 11.5 Å². The Balaban J connectivity index is 2.27. The first-order chi connectivity index (χ1) is 7.96. The van der Waals surface area contributed by atoms with Crippen molar-refractivity contribution in [3.8, 4) is 0 Å². The van der Waals surface area contributed by atoms with Crippen LogP contribution in [0.5, 0.6) is 0 Å². The van der Waals surface area contributed by atoms with E-state index in [4.69, 9.17) is 5.73 Å². The Morgan fingerprint density at radius 2 is 2.18 bits per heavy atom. The average Bonchev–Trinajstić information content (AvgIpc) is 3.00. The molecule has 1 fully saturated rings. The minimum absolute atomic E-state index is 0.182. The zero-order valence-electron chi connectivity index (χ0n) is 10.7. The van der Waals surface area contributed by atoms with Crippen LogP contribution >= 0.6 is 0 Å². The molecule has 17 heavy (non-hydrogen) atoms. The molecule has 0 bridgehead atoms. The van der Waals surface area contributed by atoms with Crippen molar-refractivity contribution in [2.24, 2.45) is 10.7 Å². The topological polar surface area (TPSA) is 63.3 Å². The fourth-order valence-electron chi connectivity index (χ4n) is 1.59. The summed E-state index contributed by atoms with van der Waals surface area (Å²) >= 11 is 0. The number of hydrogen-bond donors (Lipinski definition) is 2. The van der Waals surface area contributed by atoms with Gasteiger partial charge in [0.2, 0.25) is 0 Å². The Labute approximate surface area is 102 Å². The molecule has 4 heteroatoms. The maximum Gasteiger partial charge on any atom is 0.147 e. The van der Waals surface area contributed by atoms with Crippen LogP contribution in [0.1, 0.15) is 39.3 Å². The molecule has 3 N–H and O–H groups in total. The third kappa shape index (κ3) is 3.44. The van der Waals surface area contributed by atoms with Gasteiger partial charge in [0.1, 0.15) is 11.5 Å². The Hall–Kier alpha value is -1.58. The highest BCUT2D eigenvalue weighted by molar-refractivity contribution is 6.00. The molecule has 4 nitrogen and oxygen atoms in total. The van der Waals surface area contributed by atoms with Gasteiger partial charge >= 0.3 is 0 Å². The van der Waals surface area contributed by atoms with E-state index in [1.807, 2.05) is 32.9 Å². The van der Waals surface area contributed by atoms with Gasteiger partial charge < -0.3 is 11.1 Å². The van der Waals surface area contributed by atoms with Crippen LogP contribution in [0.25, 0.3) is 0 Å². The first kappa shape index (κ1) is 11.9. The molecule has 0 saturated heterocycles. The molecule has 1 aromatic heterocycles. The van der Waals surface area contributed by atoms with Crippen LogP contribution in [0.15, 0.2) is 23.3 Å². The van der Waals surface area contributed by atoms with E-state index in [1.54, 1.807) is 6.20 Å². The van der Waals surface area contributed by atoms with E-state index >= 15 is 0 Å². The van der Waals surface area contributed by atoms with Crippen LogP contribution in [0.3, 0.4) is 0 Å². The fraction of sp³-hybridized carbons (Fsp3) is 0.538. The van der Waals surface area contributed by atoms with E-state index in [1.165, 1.54) is 12.8 Å². The van der Waals surface area contributed by atoms with E-state index in [0.717, 1.165) is 11.4 Å². The second-order valence-electron chi connectivity index (χ2n) is 5.49. The van der Waals surface area contributed by atoms with Crippen molar-refractivity contribution < 1.29 is 0 Å². The second-order valence-corrected chi connectivity index (χ2v) is 5.49. The summed E-state index contributed by atoms with van der Waals surface area (Å²) in [5.74, 6) is 0.501. The Morgan fingerprint density at radius 1 is 1.47 bits per heavy atom. The first-order valence-corrected chi connectivity index (χ1v) is 6.03. The molecule has 2 rings (SSSR count). The summed E-state index contributed by atoms with van der Waals surface area (Å²) in [7, 11) is 0. The van der Waals surface area contributed by atoms with Crippen LogP contribution in [0.2, 0.25) is 0 Å². The normalized spacial score (nSPS) is 17.0. The highest BCUT2D eigenvalue weighted by atomic mass is 15.0. The molecule has 1 saturated carbocycles. The smallest absolute Gasteiger partial charge is 0.147 e. The molecule has 1 heterocycles. The Bertz CT molecular complexity index is 427. The summed E-state index contributed by atoms with van der Waals surface area (Å²) in [6, 6.07) is 4.50. The van der Waals surface area contributed by atoms with Gasteiger partial charge in [0.25, 0.3) is 0 Å². The summed E-state index contributed by atoms with van der Waals surface area (Å²) in [5, 5.41) is 3.43. The fourth-order valence-corrected chi connectivity index (χ4v) is 1.59. The van der Waals surface area contributed by atoms with Gasteiger partial charge in [0.15, 0.2) is 0 Å². The zero-order chi connectivity index (χ0) is 12.5. The molecule has 0 amide bonds. The largest absolute Gasteiger partial charge is 0.382 e. The standard InChI is InChI=1S/C13H20N4/c1-13(2,3)17-12(14)11-10(5-4-8-15-11)16-9-6-7-9/h4-5,8-9,16H,6-7H2,1-3H3,(H2,14,17). The molecule has 0 atom stereocenters. The van der Waals surface area contributed by atoms with E-state index in [2.05, 4.69) is 15.3 Å². The van der Waals surface area contributed by atoms with Crippen molar-refractivity contribution in [1.29, 1.82) is 0 Å². The quantitative estimate of drug-likeness (QED) is 0.620. The lowest BCUT2D eigenvalue weighted by Crippen LogP contribution is -2.23. The number of pyridine rings is 1. The summed E-state index contributed by atoms with van der Waals surface area (Å²) in [4.78, 5) is 8.79. The van der Waals surface area contributed by atoms with Crippen molar-refractivity contribution in [1.82, 2.24) is 4.98 Å². The number of rotatable bonds is 3. The Morgan fingerprint density at radius 3 is 2.76 bits per heavy atom. The first-order valence-electron chi connectivity index (χ1n) is 6.03. The van der Waals surface area contributed by atoms with Gasteiger partial charge in [-0.2, -0.15) is 0 Å². The maximum absolute atomic E-state index is 6.03. The van der Waals surface area contributed by atoms with Crippen molar-refractivity contribution in [3.05, 3.63) is 24.0 Å². The van der Waals surface area contributed by atoms with Crippen LogP contribution in [0, 0.1) is 0 Å². The molecule has 0 spiro atoms. The molecule has 1 aliphatic rings. The van der Waals surface area contributed by atoms with Gasteiger partial charge in [-0.25, -0.2) is 0 Å². The van der Waals surface area contributed by atoms with Crippen LogP contribution in [-0.2, 0) is 0 Å². The summed E-state index contributed by atoms with van der Waals surface area (Å²) < 4.78 is 0. The van der Waals surface area contributed by atoms with Crippen molar-refractivity contribution in [3.63, 3.8) is 0 Å². The van der Waals surface area contributed by atoms with Gasteiger partial charge in [-0.3, -0.25) is 9.98 Å². The number of nitrogens with zero attached hydrogens (tertiary/aromatic N) is 2. The van der Waals surface area contributed by atoms with Gasteiger partial charge in [-0.05, 0) is 45.7 Å². The second kappa shape index (κ2) is 4.35. The number of aliphatic imine (C=N–C) groups is 1. The predicted molar refractivity (Wildman–Crippen MR) is 71.4 cm³/mol. The minimum atomic E-state index is -0.182. The lowest BCUT2D eigenvalue weighted by atomic mass is 10.1.